The van der Waals surface area contributed by atoms with Gasteiger partial charge in [-0.15, -0.1) is 0 Å². The molecule has 0 aliphatic carbocycles. The number of hydrogen-bond donors (Lipinski definition) is 4. The smallest absolute Gasteiger partial charge is 0.336 e. The van der Waals surface area contributed by atoms with Crippen LogP contribution in [0.5, 0.6) is 11.5 Å². The van der Waals surface area contributed by atoms with Gasteiger partial charge in [-0.1, -0.05) is 0 Å². The minimum absolute atomic E-state index is 0.235. The van der Waals surface area contributed by atoms with E-state index in [4.69, 9.17) is 34.4 Å². The lowest BCUT2D eigenvalue weighted by Crippen LogP contribution is -1.93. The summed E-state index contributed by atoms with van der Waals surface area (Å²) in [7, 11) is 0. The third-order valence-electron chi connectivity index (χ3n) is 1.72. The standard InChI is InChI=1S/C9H6O4.2C2H4O2/c10-6-3-5-1-2-9(12)13-8(5)4-7(6)11;2*1-2(3)4/h1-4,10-11H;2*1H3,(H,3,4). The summed E-state index contributed by atoms with van der Waals surface area (Å²) < 4.78 is 4.77. The summed E-state index contributed by atoms with van der Waals surface area (Å²) in [6, 6.07) is 5.29. The molecule has 4 N–H and O–H groups in total. The second-order valence-electron chi connectivity index (χ2n) is 3.67. The van der Waals surface area contributed by atoms with E-state index in [1.165, 1.54) is 24.3 Å². The number of phenols is 2. The first kappa shape index (κ1) is 18.0. The van der Waals surface area contributed by atoms with Crippen LogP contribution >= 0.6 is 0 Å². The first-order valence-corrected chi connectivity index (χ1v) is 5.48. The number of hydrogen-bond acceptors (Lipinski definition) is 6. The zero-order valence-electron chi connectivity index (χ0n) is 11.2. The predicted molar refractivity (Wildman–Crippen MR) is 72.4 cm³/mol. The molecule has 0 aliphatic rings. The van der Waals surface area contributed by atoms with Gasteiger partial charge in [-0.3, -0.25) is 9.59 Å². The van der Waals surface area contributed by atoms with E-state index in [0.29, 0.717) is 5.39 Å². The normalized spacial score (nSPS) is 8.86. The lowest BCUT2D eigenvalue weighted by molar-refractivity contribution is -0.135. The SMILES string of the molecule is CC(=O)O.CC(=O)O.O=c1ccc2cc(O)c(O)cc2o1. The molecule has 0 saturated carbocycles. The number of phenolic OH excluding ortho intramolecular Hbond substituents is 2. The van der Waals surface area contributed by atoms with Crippen molar-refractivity contribution in [3.63, 3.8) is 0 Å². The van der Waals surface area contributed by atoms with Crippen LogP contribution in [0.2, 0.25) is 0 Å². The van der Waals surface area contributed by atoms with Crippen LogP contribution in [0.15, 0.2) is 33.5 Å². The summed E-state index contributed by atoms with van der Waals surface area (Å²) in [5.74, 6) is -2.21. The minimum atomic E-state index is -0.833. The highest BCUT2D eigenvalue weighted by molar-refractivity contribution is 5.80. The molecule has 1 aromatic heterocycles. The Bertz CT molecular complexity index is 666. The molecular formula is C13H14O8. The van der Waals surface area contributed by atoms with Crippen molar-refractivity contribution in [2.75, 3.05) is 0 Å². The third kappa shape index (κ3) is 7.88. The van der Waals surface area contributed by atoms with Crippen LogP contribution in [0.4, 0.5) is 0 Å². The van der Waals surface area contributed by atoms with Gasteiger partial charge in [-0.25, -0.2) is 4.79 Å². The number of carboxylic acids is 2. The van der Waals surface area contributed by atoms with E-state index < -0.39 is 17.6 Å². The molecule has 1 aromatic carbocycles. The quantitative estimate of drug-likeness (QED) is 0.421. The van der Waals surface area contributed by atoms with Gasteiger partial charge in [0, 0.05) is 31.4 Å². The molecule has 114 valence electrons. The second-order valence-corrected chi connectivity index (χ2v) is 3.67. The Balaban J connectivity index is 0.000000421. The Labute approximate surface area is 118 Å². The van der Waals surface area contributed by atoms with Crippen LogP contribution in [0, 0.1) is 0 Å². The highest BCUT2D eigenvalue weighted by Gasteiger charge is 2.03. The number of carbonyl (C=O) groups is 2. The molecule has 2 rings (SSSR count). The second kappa shape index (κ2) is 8.20. The molecule has 0 atom stereocenters. The molecule has 0 unspecified atom stereocenters. The molecule has 0 spiro atoms. The number of rotatable bonds is 0. The van der Waals surface area contributed by atoms with E-state index in [2.05, 4.69) is 0 Å². The molecular weight excluding hydrogens is 284 g/mol. The zero-order chi connectivity index (χ0) is 16.6. The number of aromatic hydroxyl groups is 2. The largest absolute Gasteiger partial charge is 0.504 e. The summed E-state index contributed by atoms with van der Waals surface area (Å²) in [4.78, 5) is 28.8. The summed E-state index contributed by atoms with van der Waals surface area (Å²) in [5.41, 5.74) is -0.236. The van der Waals surface area contributed by atoms with Crippen molar-refractivity contribution in [2.45, 2.75) is 13.8 Å². The van der Waals surface area contributed by atoms with Crippen molar-refractivity contribution >= 4 is 22.9 Å². The molecule has 0 bridgehead atoms. The maximum absolute atomic E-state index is 10.8. The van der Waals surface area contributed by atoms with E-state index >= 15 is 0 Å². The molecule has 0 saturated heterocycles. The van der Waals surface area contributed by atoms with E-state index in [9.17, 15) is 4.79 Å². The Hall–Kier alpha value is -3.03. The van der Waals surface area contributed by atoms with Crippen molar-refractivity contribution in [1.82, 2.24) is 0 Å². The first-order valence-electron chi connectivity index (χ1n) is 5.48. The van der Waals surface area contributed by atoms with Crippen LogP contribution in [-0.2, 0) is 9.59 Å². The van der Waals surface area contributed by atoms with Gasteiger partial charge in [0.2, 0.25) is 0 Å². The van der Waals surface area contributed by atoms with Gasteiger partial charge in [0.25, 0.3) is 11.9 Å². The molecule has 1 heterocycles. The Kier molecular flexibility index (Phi) is 7.02. The number of benzene rings is 1. The monoisotopic (exact) mass is 298 g/mol. The zero-order valence-corrected chi connectivity index (χ0v) is 11.2. The van der Waals surface area contributed by atoms with E-state index in [0.717, 1.165) is 13.8 Å². The van der Waals surface area contributed by atoms with Crippen molar-refractivity contribution in [3.8, 4) is 11.5 Å². The molecule has 0 aliphatic heterocycles. The Morgan fingerprint density at radius 1 is 0.952 bits per heavy atom. The highest BCUT2D eigenvalue weighted by Crippen LogP contribution is 2.28. The van der Waals surface area contributed by atoms with Crippen LogP contribution in [0.25, 0.3) is 11.0 Å². The van der Waals surface area contributed by atoms with E-state index in [1.807, 2.05) is 0 Å². The first-order chi connectivity index (χ1) is 9.63. The molecule has 2 aromatic rings. The van der Waals surface area contributed by atoms with Gasteiger partial charge in [0.05, 0.1) is 0 Å². The predicted octanol–water partition coefficient (Wildman–Crippen LogP) is 1.39. The average molecular weight is 298 g/mol. The number of aliphatic carboxylic acids is 2. The Morgan fingerprint density at radius 2 is 1.38 bits per heavy atom. The van der Waals surface area contributed by atoms with Gasteiger partial charge in [0.15, 0.2) is 11.5 Å². The topological polar surface area (TPSA) is 145 Å². The van der Waals surface area contributed by atoms with Gasteiger partial charge in [-0.2, -0.15) is 0 Å². The van der Waals surface area contributed by atoms with Crippen molar-refractivity contribution in [1.29, 1.82) is 0 Å². The maximum Gasteiger partial charge on any atom is 0.336 e. The maximum atomic E-state index is 10.8. The van der Waals surface area contributed by atoms with Gasteiger partial charge >= 0.3 is 5.63 Å². The fourth-order valence-corrected chi connectivity index (χ4v) is 1.09. The molecule has 0 fully saturated rings. The summed E-state index contributed by atoms with van der Waals surface area (Å²) >= 11 is 0. The fraction of sp³-hybridized carbons (Fsp3) is 0.154. The van der Waals surface area contributed by atoms with Crippen LogP contribution in [0.1, 0.15) is 13.8 Å². The molecule has 21 heavy (non-hydrogen) atoms. The molecule has 8 nitrogen and oxygen atoms in total. The van der Waals surface area contributed by atoms with Crippen LogP contribution in [-0.4, -0.2) is 32.4 Å². The van der Waals surface area contributed by atoms with Gasteiger partial charge in [0.1, 0.15) is 5.58 Å². The fourth-order valence-electron chi connectivity index (χ4n) is 1.09. The lowest BCUT2D eigenvalue weighted by atomic mass is 10.2. The average Bonchev–Trinajstić information content (AvgIpc) is 2.29. The molecule has 0 amide bonds. The van der Waals surface area contributed by atoms with Gasteiger partial charge in [-0.05, 0) is 12.1 Å². The van der Waals surface area contributed by atoms with Crippen molar-refractivity contribution < 1.29 is 34.4 Å². The molecule has 0 radical (unpaired) electrons. The summed E-state index contributed by atoms with van der Waals surface area (Å²) in [6.45, 7) is 2.17. The molecule has 8 heteroatoms. The van der Waals surface area contributed by atoms with Gasteiger partial charge < -0.3 is 24.8 Å². The summed E-state index contributed by atoms with van der Waals surface area (Å²) in [6.07, 6.45) is 0. The van der Waals surface area contributed by atoms with E-state index in [1.54, 1.807) is 0 Å². The van der Waals surface area contributed by atoms with Crippen LogP contribution in [0.3, 0.4) is 0 Å². The van der Waals surface area contributed by atoms with Crippen molar-refractivity contribution in [2.24, 2.45) is 0 Å². The minimum Gasteiger partial charge on any atom is -0.504 e. The van der Waals surface area contributed by atoms with Crippen LogP contribution < -0.4 is 5.63 Å². The third-order valence-corrected chi connectivity index (χ3v) is 1.72. The summed E-state index contributed by atoms with van der Waals surface area (Å²) in [5, 5.41) is 33.6. The number of fused-ring (bicyclic) bond motifs is 1. The number of carboxylic acid groups (broad SMARTS) is 2. The lowest BCUT2D eigenvalue weighted by Gasteiger charge is -1.98. The highest BCUT2D eigenvalue weighted by atomic mass is 16.4. The van der Waals surface area contributed by atoms with Crippen molar-refractivity contribution in [3.05, 3.63) is 34.7 Å². The Morgan fingerprint density at radius 3 is 1.86 bits per heavy atom. The van der Waals surface area contributed by atoms with E-state index in [-0.39, 0.29) is 17.1 Å².